The first-order chi connectivity index (χ1) is 27.3. The van der Waals surface area contributed by atoms with Gasteiger partial charge in [0.1, 0.15) is 17.0 Å². The van der Waals surface area contributed by atoms with E-state index in [0.717, 1.165) is 56.3 Å². The number of aromatic nitrogens is 1. The van der Waals surface area contributed by atoms with Crippen molar-refractivity contribution in [1.29, 1.82) is 0 Å². The van der Waals surface area contributed by atoms with Gasteiger partial charge in [-0.05, 0) is 128 Å². The molecule has 2 bridgehead atoms. The molecule has 0 N–H and O–H groups in total. The Labute approximate surface area is 356 Å². The molecule has 1 aromatic heterocycles. The van der Waals surface area contributed by atoms with E-state index in [1.165, 1.54) is 11.3 Å². The van der Waals surface area contributed by atoms with Gasteiger partial charge < -0.3 is 28.7 Å². The predicted molar refractivity (Wildman–Crippen MR) is 228 cm³/mol. The van der Waals surface area contributed by atoms with Gasteiger partial charge in [-0.2, -0.15) is 0 Å². The second-order valence-electron chi connectivity index (χ2n) is 17.5. The maximum atomic E-state index is 15.4. The minimum atomic E-state index is -0.795. The third kappa shape index (κ3) is 9.88. The molecule has 3 aliphatic rings. The number of rotatable bonds is 11. The highest BCUT2D eigenvalue weighted by Crippen LogP contribution is 2.44. The summed E-state index contributed by atoms with van der Waals surface area (Å²) in [6.07, 6.45) is 4.18. The van der Waals surface area contributed by atoms with Crippen molar-refractivity contribution in [2.75, 3.05) is 26.8 Å². The van der Waals surface area contributed by atoms with Crippen LogP contribution in [0.4, 0.5) is 9.59 Å². The van der Waals surface area contributed by atoms with Gasteiger partial charge in [0.15, 0.2) is 5.75 Å². The number of piperazine rings is 1. The minimum absolute atomic E-state index is 0.0291. The van der Waals surface area contributed by atoms with Gasteiger partial charge in [0.2, 0.25) is 0 Å². The van der Waals surface area contributed by atoms with Crippen LogP contribution in [0.1, 0.15) is 99.4 Å². The highest BCUT2D eigenvalue weighted by Gasteiger charge is 2.51. The van der Waals surface area contributed by atoms with Crippen molar-refractivity contribution in [3.8, 4) is 11.5 Å². The van der Waals surface area contributed by atoms with Gasteiger partial charge >= 0.3 is 12.2 Å². The van der Waals surface area contributed by atoms with Crippen molar-refractivity contribution >= 4 is 58.2 Å². The topological polar surface area (TPSA) is 111 Å². The number of nitrogens with zero attached hydrogens (tertiary/aromatic N) is 4. The summed E-state index contributed by atoms with van der Waals surface area (Å²) in [7, 11) is 1.64. The molecule has 11 nitrogen and oxygen atoms in total. The number of amides is 3. The molecule has 58 heavy (non-hydrogen) atoms. The lowest BCUT2D eigenvalue weighted by molar-refractivity contribution is -0.129. The van der Waals surface area contributed by atoms with E-state index in [-0.39, 0.29) is 25.0 Å². The molecule has 1 saturated heterocycles. The lowest BCUT2D eigenvalue weighted by atomic mass is 9.83. The third-order valence-corrected chi connectivity index (χ3v) is 12.5. The maximum absolute atomic E-state index is 15.4. The van der Waals surface area contributed by atoms with Crippen molar-refractivity contribution in [3.05, 3.63) is 78.2 Å². The van der Waals surface area contributed by atoms with E-state index in [2.05, 4.69) is 0 Å². The lowest BCUT2D eigenvalue weighted by Gasteiger charge is -2.51. The van der Waals surface area contributed by atoms with E-state index < -0.39 is 35.5 Å². The summed E-state index contributed by atoms with van der Waals surface area (Å²) >= 11 is 14.6. The van der Waals surface area contributed by atoms with Crippen LogP contribution in [0.5, 0.6) is 11.5 Å². The fourth-order valence-electron chi connectivity index (χ4n) is 7.53. The zero-order chi connectivity index (χ0) is 42.3. The number of thiazole rings is 1. The zero-order valence-electron chi connectivity index (χ0n) is 35.3. The van der Waals surface area contributed by atoms with E-state index in [9.17, 15) is 9.59 Å². The van der Waals surface area contributed by atoms with Gasteiger partial charge in [-0.15, -0.1) is 11.3 Å². The first-order valence-electron chi connectivity index (χ1n) is 19.9. The summed E-state index contributed by atoms with van der Waals surface area (Å²) < 4.78 is 23.5. The molecule has 2 aliphatic heterocycles. The van der Waals surface area contributed by atoms with Gasteiger partial charge in [-0.3, -0.25) is 9.69 Å². The Balaban J connectivity index is 1.37. The molecule has 2 aromatic carbocycles. The molecule has 314 valence electrons. The fraction of sp³-hybridized carbons (Fsp3) is 0.545. The number of carbonyl (C=O) groups is 3. The Bertz CT molecular complexity index is 2080. The summed E-state index contributed by atoms with van der Waals surface area (Å²) in [5.74, 6) is 1.06. The SMILES string of the molecule is COc1cccc(CN(C(=O)C2=C(c3cnc(CCCOc4c(Cl)cc(C)c(C)c4Cl)s3)CC3CN(C(=O)OC(C)(C)C)C[C@H]2N3C(=O)OC(C)(C)C)C2CC2)c1C. The first-order valence-corrected chi connectivity index (χ1v) is 21.5. The van der Waals surface area contributed by atoms with Crippen LogP contribution in [-0.2, 0) is 27.2 Å². The minimum Gasteiger partial charge on any atom is -0.496 e. The highest BCUT2D eigenvalue weighted by molar-refractivity contribution is 7.12. The normalized spacial score (nSPS) is 18.3. The smallest absolute Gasteiger partial charge is 0.411 e. The molecule has 0 radical (unpaired) electrons. The van der Waals surface area contributed by atoms with Crippen LogP contribution in [0.25, 0.3) is 5.57 Å². The molecule has 2 fully saturated rings. The van der Waals surface area contributed by atoms with Crippen LogP contribution in [0.15, 0.2) is 36.0 Å². The van der Waals surface area contributed by atoms with Crippen LogP contribution < -0.4 is 9.47 Å². The van der Waals surface area contributed by atoms with Gasteiger partial charge in [0.25, 0.3) is 5.91 Å². The van der Waals surface area contributed by atoms with Crippen LogP contribution in [0, 0.1) is 20.8 Å². The van der Waals surface area contributed by atoms with Crippen LogP contribution >= 0.6 is 34.5 Å². The fourth-order valence-corrected chi connectivity index (χ4v) is 9.22. The molecule has 1 unspecified atom stereocenters. The Morgan fingerprint density at radius 1 is 0.966 bits per heavy atom. The van der Waals surface area contributed by atoms with E-state index >= 15 is 4.79 Å². The molecule has 14 heteroatoms. The maximum Gasteiger partial charge on any atom is 0.411 e. The number of ether oxygens (including phenoxy) is 4. The number of methoxy groups -OCH3 is 1. The van der Waals surface area contributed by atoms with E-state index in [1.54, 1.807) is 16.9 Å². The van der Waals surface area contributed by atoms with Crippen molar-refractivity contribution < 1.29 is 33.3 Å². The number of carbonyl (C=O) groups excluding carboxylic acids is 3. The van der Waals surface area contributed by atoms with Crippen LogP contribution in [0.2, 0.25) is 10.0 Å². The van der Waals surface area contributed by atoms with Gasteiger partial charge in [0, 0.05) is 43.9 Å². The van der Waals surface area contributed by atoms with Crippen LogP contribution in [-0.4, -0.2) is 93.9 Å². The Hall–Kier alpha value is -4.00. The summed E-state index contributed by atoms with van der Waals surface area (Å²) in [5.41, 5.74) is 3.67. The second-order valence-corrected chi connectivity index (χ2v) is 19.4. The molecule has 2 atom stereocenters. The highest BCUT2D eigenvalue weighted by atomic mass is 35.5. The van der Waals surface area contributed by atoms with Crippen molar-refractivity contribution in [3.63, 3.8) is 0 Å². The number of halogens is 2. The quantitative estimate of drug-likeness (QED) is 0.175. The lowest BCUT2D eigenvalue weighted by Crippen LogP contribution is -2.66. The van der Waals surface area contributed by atoms with Crippen LogP contribution in [0.3, 0.4) is 0 Å². The third-order valence-electron chi connectivity index (χ3n) is 10.7. The predicted octanol–water partition coefficient (Wildman–Crippen LogP) is 9.97. The Morgan fingerprint density at radius 2 is 1.66 bits per heavy atom. The van der Waals surface area contributed by atoms with Gasteiger partial charge in [0.05, 0.1) is 45.7 Å². The number of benzene rings is 2. The molecule has 3 aromatic rings. The Kier molecular flexibility index (Phi) is 13.0. The molecule has 3 heterocycles. The molecule has 0 spiro atoms. The number of hydrogen-bond donors (Lipinski definition) is 0. The van der Waals surface area contributed by atoms with E-state index in [4.69, 9.17) is 47.1 Å². The monoisotopic (exact) mass is 854 g/mol. The molecule has 1 aliphatic carbocycles. The molecular formula is C44H56Cl2N4O7S. The summed E-state index contributed by atoms with van der Waals surface area (Å²) in [5, 5.41) is 1.88. The second kappa shape index (κ2) is 17.3. The average Bonchev–Trinajstić information content (AvgIpc) is 3.87. The summed E-state index contributed by atoms with van der Waals surface area (Å²) in [6, 6.07) is 6.48. The van der Waals surface area contributed by atoms with Gasteiger partial charge in [-0.25, -0.2) is 14.6 Å². The number of fused-ring (bicyclic) bond motifs is 2. The molecule has 1 saturated carbocycles. The van der Waals surface area contributed by atoms with Crippen molar-refractivity contribution in [1.82, 2.24) is 19.7 Å². The zero-order valence-corrected chi connectivity index (χ0v) is 37.6. The van der Waals surface area contributed by atoms with Gasteiger partial charge in [-0.1, -0.05) is 35.3 Å². The average molecular weight is 856 g/mol. The summed E-state index contributed by atoms with van der Waals surface area (Å²) in [6.45, 7) is 17.9. The summed E-state index contributed by atoms with van der Waals surface area (Å²) in [4.78, 5) is 54.2. The molecule has 6 rings (SSSR count). The number of hydrogen-bond acceptors (Lipinski definition) is 9. The van der Waals surface area contributed by atoms with E-state index in [0.29, 0.717) is 53.8 Å². The first kappa shape index (κ1) is 43.6. The largest absolute Gasteiger partial charge is 0.496 e. The van der Waals surface area contributed by atoms with Crippen molar-refractivity contribution in [2.45, 2.75) is 130 Å². The standard InChI is InChI=1S/C44H56Cl2N4O7S/c1-25-19-32(45)39(38(46)26(25)2)55-18-12-15-36-47-21-35(58-36)31-20-30-23-48(41(52)56-43(4,5)6)24-33(50(30)42(53)57-44(7,8)9)37(31)40(51)49(29-16-17-29)22-28-13-11-14-34(54-10)27(28)3/h11,13-14,19,21,29-30,33H,12,15-18,20,22-24H2,1-10H3/t30?,33-/m1/s1. The Morgan fingerprint density at radius 3 is 2.31 bits per heavy atom. The van der Waals surface area contributed by atoms with Crippen molar-refractivity contribution in [2.24, 2.45) is 0 Å². The molecule has 3 amide bonds. The number of aryl methyl sites for hydroxylation is 2. The van der Waals surface area contributed by atoms with E-state index in [1.807, 2.05) is 97.7 Å². The molecular weight excluding hydrogens is 799 g/mol.